The first-order valence-electron chi connectivity index (χ1n) is 5.15. The highest BCUT2D eigenvalue weighted by atomic mass is 32.2. The van der Waals surface area contributed by atoms with Crippen LogP contribution in [-0.2, 0) is 10.0 Å². The van der Waals surface area contributed by atoms with Gasteiger partial charge in [0.25, 0.3) is 0 Å². The van der Waals surface area contributed by atoms with Gasteiger partial charge in [0.05, 0.1) is 6.07 Å². The topological polar surface area (TPSA) is 73.2 Å². The number of nitrogens with zero attached hydrogens (tertiary/aromatic N) is 2. The molecule has 2 saturated heterocycles. The number of hydrogen-bond acceptors (Lipinski definition) is 4. The van der Waals surface area contributed by atoms with Gasteiger partial charge in [-0.25, -0.2) is 12.7 Å². The molecule has 0 aromatic rings. The van der Waals surface area contributed by atoms with Gasteiger partial charge in [-0.3, -0.25) is 0 Å². The van der Waals surface area contributed by atoms with Crippen LogP contribution in [0.3, 0.4) is 0 Å². The van der Waals surface area contributed by atoms with Gasteiger partial charge < -0.3 is 5.32 Å². The van der Waals surface area contributed by atoms with E-state index in [1.165, 1.54) is 11.2 Å². The summed E-state index contributed by atoms with van der Waals surface area (Å²) in [7, 11) is -3.39. The summed E-state index contributed by atoms with van der Waals surface area (Å²) in [6, 6.07) is 1.80. The first-order chi connectivity index (χ1) is 7.05. The van der Waals surface area contributed by atoms with E-state index in [1.54, 1.807) is 6.07 Å². The molecule has 0 radical (unpaired) electrons. The van der Waals surface area contributed by atoms with E-state index in [0.29, 0.717) is 24.9 Å². The van der Waals surface area contributed by atoms with Gasteiger partial charge in [-0.2, -0.15) is 5.26 Å². The SMILES string of the molecule is CC(C#N)S(=O)(=O)N1CC2CNCC2C1. The molecule has 84 valence electrons. The van der Waals surface area contributed by atoms with Crippen LogP contribution in [0.1, 0.15) is 6.92 Å². The highest BCUT2D eigenvalue weighted by molar-refractivity contribution is 7.89. The largest absolute Gasteiger partial charge is 0.316 e. The third kappa shape index (κ3) is 1.75. The highest BCUT2D eigenvalue weighted by Crippen LogP contribution is 2.29. The van der Waals surface area contributed by atoms with Crippen LogP contribution in [0.2, 0.25) is 0 Å². The molecular weight excluding hydrogens is 214 g/mol. The number of hydrogen-bond donors (Lipinski definition) is 1. The molecule has 0 aromatic carbocycles. The van der Waals surface area contributed by atoms with Gasteiger partial charge in [0.15, 0.2) is 5.25 Å². The van der Waals surface area contributed by atoms with Crippen LogP contribution in [0, 0.1) is 23.2 Å². The average Bonchev–Trinajstić information content (AvgIpc) is 2.75. The van der Waals surface area contributed by atoms with Gasteiger partial charge in [-0.05, 0) is 31.8 Å². The molecule has 3 atom stereocenters. The van der Waals surface area contributed by atoms with Gasteiger partial charge in [0.1, 0.15) is 0 Å². The lowest BCUT2D eigenvalue weighted by atomic mass is 10.0. The maximum atomic E-state index is 11.9. The molecule has 2 heterocycles. The molecule has 0 saturated carbocycles. The molecule has 2 aliphatic heterocycles. The fraction of sp³-hybridized carbons (Fsp3) is 0.889. The highest BCUT2D eigenvalue weighted by Gasteiger charge is 2.42. The van der Waals surface area contributed by atoms with Crippen LogP contribution in [0.4, 0.5) is 0 Å². The minimum atomic E-state index is -3.39. The lowest BCUT2D eigenvalue weighted by Crippen LogP contribution is -2.37. The number of fused-ring (bicyclic) bond motifs is 1. The predicted molar refractivity (Wildman–Crippen MR) is 55.4 cm³/mol. The molecule has 0 aromatic heterocycles. The van der Waals surface area contributed by atoms with Gasteiger partial charge in [-0.1, -0.05) is 0 Å². The molecule has 15 heavy (non-hydrogen) atoms. The molecule has 2 aliphatic rings. The first-order valence-corrected chi connectivity index (χ1v) is 6.65. The Balaban J connectivity index is 2.12. The monoisotopic (exact) mass is 229 g/mol. The Morgan fingerprint density at radius 2 is 1.93 bits per heavy atom. The van der Waals surface area contributed by atoms with Crippen LogP contribution in [0.5, 0.6) is 0 Å². The summed E-state index contributed by atoms with van der Waals surface area (Å²) in [5, 5.41) is 11.0. The lowest BCUT2D eigenvalue weighted by molar-refractivity contribution is 0.445. The van der Waals surface area contributed by atoms with E-state index in [2.05, 4.69) is 5.32 Å². The van der Waals surface area contributed by atoms with Crippen LogP contribution in [0.25, 0.3) is 0 Å². The minimum Gasteiger partial charge on any atom is -0.316 e. The second-order valence-electron chi connectivity index (χ2n) is 4.31. The number of nitriles is 1. The molecule has 0 amide bonds. The molecule has 0 bridgehead atoms. The summed E-state index contributed by atoms with van der Waals surface area (Å²) in [6.45, 7) is 4.40. The van der Waals surface area contributed by atoms with Crippen molar-refractivity contribution in [3.05, 3.63) is 0 Å². The van der Waals surface area contributed by atoms with E-state index in [0.717, 1.165) is 13.1 Å². The Morgan fingerprint density at radius 3 is 2.40 bits per heavy atom. The molecule has 6 heteroatoms. The van der Waals surface area contributed by atoms with Crippen molar-refractivity contribution in [3.8, 4) is 6.07 Å². The summed E-state index contributed by atoms with van der Waals surface area (Å²) in [4.78, 5) is 0. The van der Waals surface area contributed by atoms with Crippen LogP contribution < -0.4 is 5.32 Å². The summed E-state index contributed by atoms with van der Waals surface area (Å²) in [5.41, 5.74) is 0. The molecule has 5 nitrogen and oxygen atoms in total. The van der Waals surface area contributed by atoms with Crippen molar-refractivity contribution in [2.24, 2.45) is 11.8 Å². The fourth-order valence-corrected chi connectivity index (χ4v) is 3.69. The number of nitrogens with one attached hydrogen (secondary N) is 1. The van der Waals surface area contributed by atoms with Crippen LogP contribution in [-0.4, -0.2) is 44.2 Å². The Kier molecular flexibility index (Phi) is 2.71. The first kappa shape index (κ1) is 10.9. The van der Waals surface area contributed by atoms with Crippen molar-refractivity contribution in [1.29, 1.82) is 5.26 Å². The smallest absolute Gasteiger partial charge is 0.230 e. The molecule has 0 aliphatic carbocycles. The zero-order valence-corrected chi connectivity index (χ0v) is 9.50. The molecule has 2 fully saturated rings. The molecule has 2 rings (SSSR count). The number of sulfonamides is 1. The van der Waals surface area contributed by atoms with Crippen molar-refractivity contribution in [2.45, 2.75) is 12.2 Å². The van der Waals surface area contributed by atoms with Gasteiger partial charge >= 0.3 is 0 Å². The van der Waals surface area contributed by atoms with Crippen molar-refractivity contribution in [3.63, 3.8) is 0 Å². The van der Waals surface area contributed by atoms with Gasteiger partial charge in [0.2, 0.25) is 10.0 Å². The van der Waals surface area contributed by atoms with Crippen LogP contribution in [0.15, 0.2) is 0 Å². The summed E-state index contributed by atoms with van der Waals surface area (Å²) >= 11 is 0. The normalized spacial score (nSPS) is 33.6. The Labute approximate surface area is 90.1 Å². The standard InChI is InChI=1S/C9H15N3O2S/c1-7(2-10)15(13,14)12-5-8-3-11-4-9(8)6-12/h7-9,11H,3-6H2,1H3. The number of rotatable bonds is 2. The molecule has 3 unspecified atom stereocenters. The van der Waals surface area contributed by atoms with E-state index < -0.39 is 15.3 Å². The molecular formula is C9H15N3O2S. The lowest BCUT2D eigenvalue weighted by Gasteiger charge is -2.18. The van der Waals surface area contributed by atoms with Gasteiger partial charge in [0, 0.05) is 13.1 Å². The van der Waals surface area contributed by atoms with Crippen molar-refractivity contribution < 1.29 is 8.42 Å². The Morgan fingerprint density at radius 1 is 1.40 bits per heavy atom. The average molecular weight is 229 g/mol. The van der Waals surface area contributed by atoms with E-state index >= 15 is 0 Å². The van der Waals surface area contributed by atoms with Crippen molar-refractivity contribution in [1.82, 2.24) is 9.62 Å². The second-order valence-corrected chi connectivity index (χ2v) is 6.57. The van der Waals surface area contributed by atoms with E-state index in [4.69, 9.17) is 5.26 Å². The zero-order valence-electron chi connectivity index (χ0n) is 8.68. The predicted octanol–water partition coefficient (Wildman–Crippen LogP) is -0.621. The summed E-state index contributed by atoms with van der Waals surface area (Å²) in [6.07, 6.45) is 0. The maximum absolute atomic E-state index is 11.9. The van der Waals surface area contributed by atoms with Crippen molar-refractivity contribution >= 4 is 10.0 Å². The Hall–Kier alpha value is -0.640. The molecule has 0 spiro atoms. The van der Waals surface area contributed by atoms with E-state index in [-0.39, 0.29) is 0 Å². The third-order valence-corrected chi connectivity index (χ3v) is 5.36. The third-order valence-electron chi connectivity index (χ3n) is 3.34. The summed E-state index contributed by atoms with van der Waals surface area (Å²) < 4.78 is 25.2. The minimum absolute atomic E-state index is 0.436. The fourth-order valence-electron chi connectivity index (χ4n) is 2.31. The maximum Gasteiger partial charge on any atom is 0.230 e. The molecule has 1 N–H and O–H groups in total. The van der Waals surface area contributed by atoms with Crippen LogP contribution >= 0.6 is 0 Å². The summed E-state index contributed by atoms with van der Waals surface area (Å²) in [5.74, 6) is 0.872. The van der Waals surface area contributed by atoms with E-state index in [1.807, 2.05) is 0 Å². The second kappa shape index (κ2) is 3.74. The Bertz CT molecular complexity index is 375. The van der Waals surface area contributed by atoms with E-state index in [9.17, 15) is 8.42 Å². The van der Waals surface area contributed by atoms with Crippen molar-refractivity contribution in [2.75, 3.05) is 26.2 Å². The van der Waals surface area contributed by atoms with Gasteiger partial charge in [-0.15, -0.1) is 0 Å². The quantitative estimate of drug-likeness (QED) is 0.685. The zero-order chi connectivity index (χ0) is 11.1.